The van der Waals surface area contributed by atoms with Gasteiger partial charge in [-0.25, -0.2) is 4.98 Å². The van der Waals surface area contributed by atoms with Crippen LogP contribution in [0.2, 0.25) is 0 Å². The molecular weight excluding hydrogens is 472 g/mol. The third-order valence-corrected chi connectivity index (χ3v) is 6.26. The molecule has 0 aliphatic carbocycles. The number of ether oxygens (including phenoxy) is 3. The summed E-state index contributed by atoms with van der Waals surface area (Å²) in [5.74, 6) is -0.472. The summed E-state index contributed by atoms with van der Waals surface area (Å²) >= 11 is 0. The SMILES string of the molecule is CCCCOc1ccc(/C([O-])=C2\C(=O)C(=O)N(Cc3ccc[nH+]c3)C2c2ccc(OC)c(OC)c2)cc1. The Bertz CT molecular complexity index is 1290. The molecule has 2 aromatic carbocycles. The smallest absolute Gasteiger partial charge is 0.295 e. The minimum Gasteiger partial charge on any atom is -0.872 e. The topological polar surface area (TPSA) is 102 Å². The highest BCUT2D eigenvalue weighted by Crippen LogP contribution is 2.42. The van der Waals surface area contributed by atoms with E-state index in [0.29, 0.717) is 35.0 Å². The van der Waals surface area contributed by atoms with Crippen LogP contribution in [-0.4, -0.2) is 37.4 Å². The molecule has 0 radical (unpaired) electrons. The summed E-state index contributed by atoms with van der Waals surface area (Å²) in [6, 6.07) is 14.5. The average molecular weight is 503 g/mol. The number of ketones is 1. The second kappa shape index (κ2) is 11.6. The largest absolute Gasteiger partial charge is 0.872 e. The van der Waals surface area contributed by atoms with Crippen molar-refractivity contribution < 1.29 is 33.9 Å². The van der Waals surface area contributed by atoms with Gasteiger partial charge in [0.2, 0.25) is 5.78 Å². The van der Waals surface area contributed by atoms with Crippen molar-refractivity contribution in [3.63, 3.8) is 0 Å². The molecule has 2 heterocycles. The molecule has 0 saturated carbocycles. The number of unbranched alkanes of at least 4 members (excludes halogenated alkanes) is 1. The number of hydrogen-bond acceptors (Lipinski definition) is 6. The number of carbonyl (C=O) groups excluding carboxylic acids is 2. The number of hydrogen-bond donors (Lipinski definition) is 0. The molecule has 0 bridgehead atoms. The lowest BCUT2D eigenvalue weighted by molar-refractivity contribution is -0.378. The molecule has 4 rings (SSSR count). The Hall–Kier alpha value is -4.33. The molecule has 1 saturated heterocycles. The quantitative estimate of drug-likeness (QED) is 0.183. The van der Waals surface area contributed by atoms with Gasteiger partial charge in [0, 0.05) is 17.2 Å². The summed E-state index contributed by atoms with van der Waals surface area (Å²) in [5.41, 5.74) is 1.56. The lowest BCUT2D eigenvalue weighted by Crippen LogP contribution is -2.29. The highest BCUT2D eigenvalue weighted by molar-refractivity contribution is 6.46. The second-order valence-corrected chi connectivity index (χ2v) is 8.66. The lowest BCUT2D eigenvalue weighted by atomic mass is 9.94. The first-order valence-corrected chi connectivity index (χ1v) is 12.1. The predicted octanol–water partition coefficient (Wildman–Crippen LogP) is 3.12. The van der Waals surface area contributed by atoms with Gasteiger partial charge in [-0.05, 0) is 47.9 Å². The number of aromatic nitrogens is 1. The molecule has 1 fully saturated rings. The van der Waals surface area contributed by atoms with E-state index in [0.717, 1.165) is 18.4 Å². The van der Waals surface area contributed by atoms with Crippen molar-refractivity contribution in [2.75, 3.05) is 20.8 Å². The molecule has 8 heteroatoms. The Morgan fingerprint density at radius 2 is 1.78 bits per heavy atom. The molecule has 37 heavy (non-hydrogen) atoms. The minimum absolute atomic E-state index is 0.100. The number of carbonyl (C=O) groups is 2. The molecule has 1 atom stereocenters. The number of aromatic amines is 1. The zero-order chi connectivity index (χ0) is 26.4. The Morgan fingerprint density at radius 3 is 2.43 bits per heavy atom. The fourth-order valence-corrected chi connectivity index (χ4v) is 4.32. The third-order valence-electron chi connectivity index (χ3n) is 6.26. The summed E-state index contributed by atoms with van der Waals surface area (Å²) in [7, 11) is 3.03. The summed E-state index contributed by atoms with van der Waals surface area (Å²) in [5, 5.41) is 13.7. The number of amides is 1. The number of methoxy groups -OCH3 is 2. The highest BCUT2D eigenvalue weighted by Gasteiger charge is 2.44. The van der Waals surface area contributed by atoms with Crippen LogP contribution < -0.4 is 24.3 Å². The maximum atomic E-state index is 13.7. The van der Waals surface area contributed by atoms with Crippen molar-refractivity contribution in [2.45, 2.75) is 32.4 Å². The van der Waals surface area contributed by atoms with Gasteiger partial charge in [0.25, 0.3) is 5.91 Å². The Labute approximate surface area is 216 Å². The first-order valence-electron chi connectivity index (χ1n) is 12.1. The van der Waals surface area contributed by atoms with Crippen molar-refractivity contribution in [1.82, 2.24) is 4.90 Å². The maximum Gasteiger partial charge on any atom is 0.295 e. The van der Waals surface area contributed by atoms with Crippen LogP contribution in [0.5, 0.6) is 17.2 Å². The van der Waals surface area contributed by atoms with Crippen LogP contribution in [0.4, 0.5) is 0 Å². The average Bonchev–Trinajstić information content (AvgIpc) is 3.18. The predicted molar refractivity (Wildman–Crippen MR) is 135 cm³/mol. The molecule has 1 aromatic heterocycles. The number of nitrogens with zero attached hydrogens (tertiary/aromatic N) is 1. The van der Waals surface area contributed by atoms with Crippen molar-refractivity contribution in [2.24, 2.45) is 0 Å². The second-order valence-electron chi connectivity index (χ2n) is 8.66. The normalized spacial score (nSPS) is 16.6. The van der Waals surface area contributed by atoms with Gasteiger partial charge >= 0.3 is 0 Å². The van der Waals surface area contributed by atoms with Crippen LogP contribution in [0, 0.1) is 0 Å². The van der Waals surface area contributed by atoms with Crippen molar-refractivity contribution in [3.05, 3.63) is 89.3 Å². The first kappa shape index (κ1) is 25.8. The number of Topliss-reactive ketones (excluding diaryl/α,β-unsaturated/α-hetero) is 1. The van der Waals surface area contributed by atoms with Gasteiger partial charge in [0.15, 0.2) is 23.9 Å². The van der Waals surface area contributed by atoms with Crippen LogP contribution in [0.25, 0.3) is 5.76 Å². The van der Waals surface area contributed by atoms with E-state index in [1.807, 2.05) is 12.1 Å². The number of pyridine rings is 1. The Kier molecular flexibility index (Phi) is 8.08. The Morgan fingerprint density at radius 1 is 1.03 bits per heavy atom. The lowest BCUT2D eigenvalue weighted by Gasteiger charge is -2.27. The number of H-pyrrole nitrogens is 1. The van der Waals surface area contributed by atoms with Crippen LogP contribution in [-0.2, 0) is 16.1 Å². The number of benzene rings is 2. The molecule has 8 nitrogen and oxygen atoms in total. The summed E-state index contributed by atoms with van der Waals surface area (Å²) in [6.07, 6.45) is 5.45. The number of likely N-dealkylation sites (tertiary alicyclic amines) is 1. The first-order chi connectivity index (χ1) is 18.0. The van der Waals surface area contributed by atoms with E-state index in [9.17, 15) is 14.7 Å². The van der Waals surface area contributed by atoms with Gasteiger partial charge in [0.1, 0.15) is 5.75 Å². The molecule has 1 aliphatic heterocycles. The van der Waals surface area contributed by atoms with Crippen molar-refractivity contribution in [3.8, 4) is 17.2 Å². The van der Waals surface area contributed by atoms with E-state index in [4.69, 9.17) is 14.2 Å². The standard InChI is InChI=1S/C29H30N2O6/c1-4-5-15-37-22-11-8-20(9-12-22)27(32)25-26(21-10-13-23(35-2)24(16-21)36-3)31(29(34)28(25)33)18-19-7-6-14-30-17-19/h6-14,16-17,26,32H,4-5,15,18H2,1-3H3/b27-25+. The minimum atomic E-state index is -0.895. The molecular formula is C29H30N2O6. The van der Waals surface area contributed by atoms with E-state index < -0.39 is 23.5 Å². The van der Waals surface area contributed by atoms with Crippen LogP contribution >= 0.6 is 0 Å². The van der Waals surface area contributed by atoms with E-state index in [-0.39, 0.29) is 12.1 Å². The van der Waals surface area contributed by atoms with E-state index >= 15 is 0 Å². The maximum absolute atomic E-state index is 13.7. The molecule has 1 unspecified atom stereocenters. The number of rotatable bonds is 10. The van der Waals surface area contributed by atoms with Gasteiger partial charge < -0.3 is 24.2 Å². The van der Waals surface area contributed by atoms with Gasteiger partial charge in [-0.1, -0.05) is 37.3 Å². The van der Waals surface area contributed by atoms with Gasteiger partial charge in [0.05, 0.1) is 33.4 Å². The van der Waals surface area contributed by atoms with Gasteiger partial charge in [-0.15, -0.1) is 0 Å². The van der Waals surface area contributed by atoms with Crippen molar-refractivity contribution >= 4 is 17.4 Å². The molecule has 1 amide bonds. The van der Waals surface area contributed by atoms with Crippen LogP contribution in [0.15, 0.2) is 72.6 Å². The monoisotopic (exact) mass is 502 g/mol. The number of nitrogens with one attached hydrogen (secondary N) is 1. The molecule has 3 aromatic rings. The highest BCUT2D eigenvalue weighted by atomic mass is 16.5. The fourth-order valence-electron chi connectivity index (χ4n) is 4.32. The Balaban J connectivity index is 1.79. The zero-order valence-corrected chi connectivity index (χ0v) is 21.2. The summed E-state index contributed by atoms with van der Waals surface area (Å²) < 4.78 is 16.5. The van der Waals surface area contributed by atoms with Crippen LogP contribution in [0.3, 0.4) is 0 Å². The fraction of sp³-hybridized carbons (Fsp3) is 0.276. The van der Waals surface area contributed by atoms with Gasteiger partial charge in [-0.3, -0.25) is 9.59 Å². The summed E-state index contributed by atoms with van der Waals surface area (Å²) in [6.45, 7) is 2.81. The molecule has 1 aliphatic rings. The van der Waals surface area contributed by atoms with Crippen LogP contribution in [0.1, 0.15) is 42.5 Å². The molecule has 0 spiro atoms. The molecule has 1 N–H and O–H groups in total. The zero-order valence-electron chi connectivity index (χ0n) is 21.2. The van der Waals surface area contributed by atoms with Gasteiger partial charge in [-0.2, -0.15) is 0 Å². The third kappa shape index (κ3) is 5.43. The summed E-state index contributed by atoms with van der Waals surface area (Å²) in [4.78, 5) is 30.9. The van der Waals surface area contributed by atoms with E-state index in [1.165, 1.54) is 19.1 Å². The van der Waals surface area contributed by atoms with E-state index in [2.05, 4.69) is 11.9 Å². The van der Waals surface area contributed by atoms with Crippen molar-refractivity contribution in [1.29, 1.82) is 0 Å². The molecule has 192 valence electrons. The van der Waals surface area contributed by atoms with E-state index in [1.54, 1.807) is 54.9 Å².